The molecule has 0 amide bonds. The molecular weight excluding hydrogens is 290 g/mol. The van der Waals surface area contributed by atoms with E-state index in [4.69, 9.17) is 10.5 Å². The Labute approximate surface area is 117 Å². The van der Waals surface area contributed by atoms with Crippen LogP contribution < -0.4 is 5.73 Å². The van der Waals surface area contributed by atoms with Gasteiger partial charge in [-0.05, 0) is 36.5 Å². The largest absolute Gasteiger partial charge is 0.381 e. The minimum absolute atomic E-state index is 0.0901. The molecule has 1 heterocycles. The van der Waals surface area contributed by atoms with E-state index in [0.717, 1.165) is 32.5 Å². The Balaban J connectivity index is 1.88. The summed E-state index contributed by atoms with van der Waals surface area (Å²) < 4.78 is 6.67. The van der Waals surface area contributed by atoms with E-state index in [0.29, 0.717) is 5.92 Å². The van der Waals surface area contributed by atoms with Crippen LogP contribution in [0.15, 0.2) is 22.7 Å². The van der Waals surface area contributed by atoms with E-state index < -0.39 is 0 Å². The predicted octanol–water partition coefficient (Wildman–Crippen LogP) is 3.68. The summed E-state index contributed by atoms with van der Waals surface area (Å²) in [5.41, 5.74) is 9.08. The van der Waals surface area contributed by atoms with Gasteiger partial charge in [0.05, 0.1) is 6.61 Å². The topological polar surface area (TPSA) is 35.2 Å². The van der Waals surface area contributed by atoms with Crippen molar-refractivity contribution in [2.45, 2.75) is 43.6 Å². The van der Waals surface area contributed by atoms with Crippen molar-refractivity contribution in [3.63, 3.8) is 0 Å². The van der Waals surface area contributed by atoms with E-state index in [1.807, 2.05) is 0 Å². The molecule has 1 aromatic carbocycles. The fraction of sp³-hybridized carbons (Fsp3) is 0.600. The molecule has 3 rings (SSSR count). The van der Waals surface area contributed by atoms with Crippen LogP contribution in [0.5, 0.6) is 0 Å². The molecular formula is C15H20BrNO. The van der Waals surface area contributed by atoms with Crippen molar-refractivity contribution in [2.75, 3.05) is 13.2 Å². The number of hydrogen-bond acceptors (Lipinski definition) is 2. The van der Waals surface area contributed by atoms with Gasteiger partial charge < -0.3 is 10.5 Å². The lowest BCUT2D eigenvalue weighted by molar-refractivity contribution is 0.194. The Bertz CT molecular complexity index is 434. The van der Waals surface area contributed by atoms with Gasteiger partial charge in [-0.15, -0.1) is 0 Å². The van der Waals surface area contributed by atoms with Gasteiger partial charge in [0.2, 0.25) is 0 Å². The molecule has 1 atom stereocenters. The van der Waals surface area contributed by atoms with Crippen LogP contribution in [-0.2, 0) is 10.3 Å². The Morgan fingerprint density at radius 1 is 1.28 bits per heavy atom. The van der Waals surface area contributed by atoms with Gasteiger partial charge in [0.15, 0.2) is 0 Å². The highest BCUT2D eigenvalue weighted by Gasteiger charge is 2.32. The third kappa shape index (κ3) is 2.24. The van der Waals surface area contributed by atoms with Crippen molar-refractivity contribution in [2.24, 2.45) is 5.73 Å². The number of nitrogens with two attached hydrogens (primary N) is 1. The average molecular weight is 310 g/mol. The zero-order valence-electron chi connectivity index (χ0n) is 10.6. The summed E-state index contributed by atoms with van der Waals surface area (Å²) in [7, 11) is 0. The van der Waals surface area contributed by atoms with Gasteiger partial charge in [0.25, 0.3) is 0 Å². The van der Waals surface area contributed by atoms with Crippen molar-refractivity contribution >= 4 is 15.9 Å². The van der Waals surface area contributed by atoms with E-state index >= 15 is 0 Å². The average Bonchev–Trinajstić information content (AvgIpc) is 3.00. The van der Waals surface area contributed by atoms with Gasteiger partial charge in [-0.3, -0.25) is 0 Å². The maximum atomic E-state index is 6.51. The van der Waals surface area contributed by atoms with Crippen molar-refractivity contribution in [3.8, 4) is 0 Å². The molecule has 1 saturated heterocycles. The summed E-state index contributed by atoms with van der Waals surface area (Å²) in [5.74, 6) is 0.547. The first kappa shape index (κ1) is 12.6. The molecule has 2 fully saturated rings. The van der Waals surface area contributed by atoms with Crippen LogP contribution in [0.1, 0.15) is 49.1 Å². The van der Waals surface area contributed by atoms with Gasteiger partial charge in [-0.25, -0.2) is 0 Å². The fourth-order valence-corrected chi connectivity index (χ4v) is 3.94. The van der Waals surface area contributed by atoms with Gasteiger partial charge in [0, 0.05) is 22.5 Å². The molecule has 1 aliphatic carbocycles. The van der Waals surface area contributed by atoms with Gasteiger partial charge in [0.1, 0.15) is 0 Å². The standard InChI is InChI=1S/C15H20BrNO/c16-14-9-12(15(17)6-1-2-7-15)3-4-13(14)11-5-8-18-10-11/h3-4,9,11H,1-2,5-8,10,17H2. The van der Waals surface area contributed by atoms with E-state index in [1.54, 1.807) is 0 Å². The quantitative estimate of drug-likeness (QED) is 0.904. The van der Waals surface area contributed by atoms with E-state index in [1.165, 1.54) is 28.4 Å². The van der Waals surface area contributed by atoms with Crippen LogP contribution in [0.25, 0.3) is 0 Å². The van der Waals surface area contributed by atoms with Crippen molar-refractivity contribution in [1.82, 2.24) is 0 Å². The molecule has 1 unspecified atom stereocenters. The molecule has 18 heavy (non-hydrogen) atoms. The molecule has 0 bridgehead atoms. The molecule has 3 heteroatoms. The summed E-state index contributed by atoms with van der Waals surface area (Å²) in [6, 6.07) is 6.70. The third-order valence-corrected chi connectivity index (χ3v) is 5.13. The highest BCUT2D eigenvalue weighted by atomic mass is 79.9. The lowest BCUT2D eigenvalue weighted by Crippen LogP contribution is -2.33. The lowest BCUT2D eigenvalue weighted by Gasteiger charge is -2.25. The smallest absolute Gasteiger partial charge is 0.0535 e. The van der Waals surface area contributed by atoms with Crippen LogP contribution >= 0.6 is 15.9 Å². The SMILES string of the molecule is NC1(c2ccc(C3CCOC3)c(Br)c2)CCCC1. The minimum Gasteiger partial charge on any atom is -0.381 e. The number of benzene rings is 1. The Hall–Kier alpha value is -0.380. The Morgan fingerprint density at radius 3 is 2.67 bits per heavy atom. The summed E-state index contributed by atoms with van der Waals surface area (Å²) in [4.78, 5) is 0. The second-order valence-electron chi connectivity index (χ2n) is 5.66. The first-order valence-corrected chi connectivity index (χ1v) is 7.65. The molecule has 1 saturated carbocycles. The zero-order chi connectivity index (χ0) is 12.6. The monoisotopic (exact) mass is 309 g/mol. The van der Waals surface area contributed by atoms with E-state index in [-0.39, 0.29) is 5.54 Å². The van der Waals surface area contributed by atoms with Crippen LogP contribution in [0.3, 0.4) is 0 Å². The van der Waals surface area contributed by atoms with Gasteiger partial charge in [-0.1, -0.05) is 40.9 Å². The van der Waals surface area contributed by atoms with Crippen molar-refractivity contribution < 1.29 is 4.74 Å². The molecule has 2 aliphatic rings. The highest BCUT2D eigenvalue weighted by molar-refractivity contribution is 9.10. The van der Waals surface area contributed by atoms with Gasteiger partial charge >= 0.3 is 0 Å². The maximum absolute atomic E-state index is 6.51. The van der Waals surface area contributed by atoms with Gasteiger partial charge in [-0.2, -0.15) is 0 Å². The summed E-state index contributed by atoms with van der Waals surface area (Å²) in [6.45, 7) is 1.74. The fourth-order valence-electron chi connectivity index (χ4n) is 3.24. The second-order valence-corrected chi connectivity index (χ2v) is 6.51. The number of hydrogen-bond donors (Lipinski definition) is 1. The molecule has 2 nitrogen and oxygen atoms in total. The molecule has 0 aromatic heterocycles. The second kappa shape index (κ2) is 4.95. The molecule has 0 spiro atoms. The minimum atomic E-state index is -0.0901. The molecule has 1 aromatic rings. The first-order chi connectivity index (χ1) is 8.69. The predicted molar refractivity (Wildman–Crippen MR) is 76.7 cm³/mol. The van der Waals surface area contributed by atoms with Crippen molar-refractivity contribution in [1.29, 1.82) is 0 Å². The van der Waals surface area contributed by atoms with E-state index in [2.05, 4.69) is 34.1 Å². The van der Waals surface area contributed by atoms with Crippen molar-refractivity contribution in [3.05, 3.63) is 33.8 Å². The molecule has 2 N–H and O–H groups in total. The Morgan fingerprint density at radius 2 is 2.06 bits per heavy atom. The third-order valence-electron chi connectivity index (χ3n) is 4.44. The number of rotatable bonds is 2. The summed E-state index contributed by atoms with van der Waals surface area (Å²) in [5, 5.41) is 0. The zero-order valence-corrected chi connectivity index (χ0v) is 12.2. The first-order valence-electron chi connectivity index (χ1n) is 6.86. The molecule has 98 valence electrons. The maximum Gasteiger partial charge on any atom is 0.0535 e. The number of ether oxygens (including phenoxy) is 1. The normalized spacial score (nSPS) is 26.7. The molecule has 1 aliphatic heterocycles. The van der Waals surface area contributed by atoms with Crippen LogP contribution in [-0.4, -0.2) is 13.2 Å². The summed E-state index contributed by atoms with van der Waals surface area (Å²) >= 11 is 3.72. The van der Waals surface area contributed by atoms with Crippen LogP contribution in [0, 0.1) is 0 Å². The van der Waals surface area contributed by atoms with Crippen LogP contribution in [0.4, 0.5) is 0 Å². The summed E-state index contributed by atoms with van der Waals surface area (Å²) in [6.07, 6.45) is 5.88. The molecule has 0 radical (unpaired) electrons. The number of halogens is 1. The van der Waals surface area contributed by atoms with Crippen LogP contribution in [0.2, 0.25) is 0 Å². The highest BCUT2D eigenvalue weighted by Crippen LogP contribution is 2.39. The van der Waals surface area contributed by atoms with E-state index in [9.17, 15) is 0 Å². The lowest BCUT2D eigenvalue weighted by atomic mass is 9.87. The Kier molecular flexibility index (Phi) is 3.48.